The second kappa shape index (κ2) is 9.41. The van der Waals surface area contributed by atoms with Crippen LogP contribution in [0, 0.1) is 57.2 Å². The molecule has 30 heavy (non-hydrogen) atoms. The van der Waals surface area contributed by atoms with Crippen molar-refractivity contribution < 1.29 is 0 Å². The summed E-state index contributed by atoms with van der Waals surface area (Å²) in [6.45, 7) is -2.79. The minimum atomic E-state index is -2.79. The Kier molecular flexibility index (Phi) is 6.48. The maximum atomic E-state index is 10.4. The van der Waals surface area contributed by atoms with Crippen molar-refractivity contribution in [3.63, 3.8) is 0 Å². The molecule has 1 atom stereocenters. The lowest BCUT2D eigenvalue weighted by Crippen LogP contribution is -2.34. The molecule has 3 aromatic rings. The monoisotopic (exact) mass is 404 g/mol. The Hall–Kier alpha value is -4.08. The number of nitriles is 4. The van der Waals surface area contributed by atoms with E-state index in [1.807, 2.05) is 103 Å². The summed E-state index contributed by atoms with van der Waals surface area (Å²) in [4.78, 5) is 0. The highest BCUT2D eigenvalue weighted by atomic mass is 31.2. The summed E-state index contributed by atoms with van der Waals surface area (Å²) < 4.78 is 0. The maximum Gasteiger partial charge on any atom is 0.153 e. The Morgan fingerprint density at radius 3 is 1.20 bits per heavy atom. The molecule has 0 saturated heterocycles. The van der Waals surface area contributed by atoms with Crippen LogP contribution in [0.15, 0.2) is 91.0 Å². The van der Waals surface area contributed by atoms with Gasteiger partial charge in [0, 0.05) is 0 Å². The van der Waals surface area contributed by atoms with E-state index in [4.69, 9.17) is 0 Å². The van der Waals surface area contributed by atoms with Gasteiger partial charge < -0.3 is 0 Å². The summed E-state index contributed by atoms with van der Waals surface area (Å²) in [7, 11) is 0. The Morgan fingerprint density at radius 1 is 0.567 bits per heavy atom. The maximum absolute atomic E-state index is 10.4. The third kappa shape index (κ3) is 3.50. The van der Waals surface area contributed by atoms with E-state index >= 15 is 0 Å². The van der Waals surface area contributed by atoms with E-state index in [0.717, 1.165) is 15.9 Å². The van der Waals surface area contributed by atoms with Crippen LogP contribution in [-0.2, 0) is 0 Å². The van der Waals surface area contributed by atoms with Gasteiger partial charge in [0.05, 0.1) is 29.6 Å². The molecule has 0 fully saturated rings. The quantitative estimate of drug-likeness (QED) is 0.608. The summed E-state index contributed by atoms with van der Waals surface area (Å²) in [6, 6.07) is 37.0. The van der Waals surface area contributed by atoms with Crippen LogP contribution in [0.4, 0.5) is 0 Å². The van der Waals surface area contributed by atoms with E-state index in [1.54, 1.807) is 0 Å². The van der Waals surface area contributed by atoms with Crippen molar-refractivity contribution in [3.8, 4) is 24.3 Å². The van der Waals surface area contributed by atoms with Gasteiger partial charge in [-0.2, -0.15) is 21.0 Å². The van der Waals surface area contributed by atoms with Crippen LogP contribution in [-0.4, -0.2) is 5.29 Å². The normalized spacial score (nSPS) is 11.4. The first-order chi connectivity index (χ1) is 14.7. The first kappa shape index (κ1) is 20.6. The zero-order chi connectivity index (χ0) is 21.4. The van der Waals surface area contributed by atoms with E-state index in [2.05, 4.69) is 12.1 Å². The predicted octanol–water partition coefficient (Wildman–Crippen LogP) is 3.48. The van der Waals surface area contributed by atoms with Gasteiger partial charge in [-0.15, -0.1) is 0 Å². The van der Waals surface area contributed by atoms with Gasteiger partial charge in [0.2, 0.25) is 0 Å². The SMILES string of the molecule is N#CC(C(C#N)C(C#N)C#N)=P(c1ccccc1)(c1ccccc1)c1ccccc1. The molecular weight excluding hydrogens is 387 g/mol. The number of hydrogen-bond acceptors (Lipinski definition) is 4. The van der Waals surface area contributed by atoms with Crippen molar-refractivity contribution in [3.05, 3.63) is 91.0 Å². The average molecular weight is 404 g/mol. The van der Waals surface area contributed by atoms with Gasteiger partial charge in [0.25, 0.3) is 0 Å². The van der Waals surface area contributed by atoms with E-state index < -0.39 is 18.7 Å². The number of nitrogens with zero attached hydrogens (tertiary/aromatic N) is 4. The molecule has 0 N–H and O–H groups in total. The first-order valence-electron chi connectivity index (χ1n) is 9.26. The van der Waals surface area contributed by atoms with Crippen LogP contribution < -0.4 is 15.9 Å². The third-order valence-corrected chi connectivity index (χ3v) is 9.27. The van der Waals surface area contributed by atoms with Gasteiger partial charge >= 0.3 is 0 Å². The molecule has 1 unspecified atom stereocenters. The van der Waals surface area contributed by atoms with Gasteiger partial charge in [-0.25, -0.2) is 0 Å². The summed E-state index contributed by atoms with van der Waals surface area (Å²) in [5.74, 6) is -2.38. The zero-order valence-corrected chi connectivity index (χ0v) is 16.9. The summed E-state index contributed by atoms with van der Waals surface area (Å²) >= 11 is 0. The third-order valence-electron chi connectivity index (χ3n) is 4.95. The van der Waals surface area contributed by atoms with Crippen LogP contribution in [0.1, 0.15) is 0 Å². The molecule has 0 aliphatic rings. The molecule has 0 bridgehead atoms. The molecule has 5 heteroatoms. The highest BCUT2D eigenvalue weighted by Crippen LogP contribution is 2.48. The second-order valence-corrected chi connectivity index (χ2v) is 9.89. The smallest absolute Gasteiger partial charge is 0.153 e. The van der Waals surface area contributed by atoms with Crippen molar-refractivity contribution in [2.45, 2.75) is 0 Å². The predicted molar refractivity (Wildman–Crippen MR) is 120 cm³/mol. The van der Waals surface area contributed by atoms with Crippen molar-refractivity contribution in [2.75, 3.05) is 0 Å². The van der Waals surface area contributed by atoms with Gasteiger partial charge in [-0.3, -0.25) is 0 Å². The topological polar surface area (TPSA) is 95.2 Å². The second-order valence-electron chi connectivity index (χ2n) is 6.52. The van der Waals surface area contributed by atoms with Crippen molar-refractivity contribution in [1.82, 2.24) is 0 Å². The largest absolute Gasteiger partial charge is 0.198 e. The standard InChI is InChI=1S/C25H17N4P/c26-16-20(17-27)24(18-28)25(19-29)30(21-10-4-1-5-11-21,22-12-6-2-7-13-22)23-14-8-3-9-15-23/h1-15,20,24H. The van der Waals surface area contributed by atoms with Gasteiger partial charge in [0.15, 0.2) is 5.92 Å². The fourth-order valence-electron chi connectivity index (χ4n) is 3.64. The molecule has 0 amide bonds. The lowest BCUT2D eigenvalue weighted by atomic mass is 9.93. The van der Waals surface area contributed by atoms with Crippen LogP contribution in [0.2, 0.25) is 0 Å². The van der Waals surface area contributed by atoms with Crippen molar-refractivity contribution in [2.24, 2.45) is 11.8 Å². The summed E-state index contributed by atoms with van der Waals surface area (Å²) in [5.41, 5.74) is 0. The van der Waals surface area contributed by atoms with E-state index in [1.165, 1.54) is 0 Å². The van der Waals surface area contributed by atoms with Crippen LogP contribution in [0.3, 0.4) is 0 Å². The number of benzene rings is 3. The zero-order valence-electron chi connectivity index (χ0n) is 16.1. The van der Waals surface area contributed by atoms with E-state index in [9.17, 15) is 21.0 Å². The Morgan fingerprint density at radius 2 is 0.933 bits per heavy atom. The highest BCUT2D eigenvalue weighted by molar-refractivity contribution is 7.95. The number of hydrogen-bond donors (Lipinski definition) is 0. The average Bonchev–Trinajstić information content (AvgIpc) is 2.83. The minimum absolute atomic E-state index is 0.265. The first-order valence-corrected chi connectivity index (χ1v) is 11.0. The molecule has 0 saturated carbocycles. The minimum Gasteiger partial charge on any atom is -0.198 e. The molecule has 0 aliphatic carbocycles. The van der Waals surface area contributed by atoms with Crippen LogP contribution in [0.5, 0.6) is 0 Å². The Balaban J connectivity index is 2.63. The summed E-state index contributed by atoms with van der Waals surface area (Å²) in [6.07, 6.45) is 0. The lowest BCUT2D eigenvalue weighted by molar-refractivity contribution is 0.762. The molecular formula is C25H17N4P. The summed E-state index contributed by atoms with van der Waals surface area (Å²) in [5, 5.41) is 42.3. The van der Waals surface area contributed by atoms with E-state index in [-0.39, 0.29) is 5.29 Å². The Labute approximate surface area is 176 Å². The number of rotatable bonds is 5. The fourth-order valence-corrected chi connectivity index (χ4v) is 8.00. The highest BCUT2D eigenvalue weighted by Gasteiger charge is 2.37. The molecule has 4 nitrogen and oxygen atoms in total. The Bertz CT molecular complexity index is 1120. The van der Waals surface area contributed by atoms with Crippen molar-refractivity contribution >= 4 is 28.1 Å². The van der Waals surface area contributed by atoms with E-state index in [0.29, 0.717) is 0 Å². The van der Waals surface area contributed by atoms with Crippen LogP contribution in [0.25, 0.3) is 0 Å². The molecule has 0 heterocycles. The molecule has 0 aliphatic heterocycles. The fraction of sp³-hybridized carbons (Fsp3) is 0.0800. The van der Waals surface area contributed by atoms with Gasteiger partial charge in [-0.05, 0) is 22.8 Å². The van der Waals surface area contributed by atoms with Crippen LogP contribution >= 0.6 is 6.89 Å². The molecule has 0 aromatic heterocycles. The molecule has 0 radical (unpaired) electrons. The van der Waals surface area contributed by atoms with Crippen molar-refractivity contribution in [1.29, 1.82) is 21.0 Å². The molecule has 0 spiro atoms. The molecule has 3 rings (SSSR count). The van der Waals surface area contributed by atoms with Gasteiger partial charge in [-0.1, -0.05) is 91.0 Å². The lowest BCUT2D eigenvalue weighted by Gasteiger charge is -2.32. The van der Waals surface area contributed by atoms with Gasteiger partial charge in [0.1, 0.15) is 5.92 Å². The molecule has 142 valence electrons. The molecule has 3 aromatic carbocycles.